The van der Waals surface area contributed by atoms with E-state index in [4.69, 9.17) is 4.52 Å². The Labute approximate surface area is 177 Å². The highest BCUT2D eigenvalue weighted by molar-refractivity contribution is 7.89. The van der Waals surface area contributed by atoms with Gasteiger partial charge >= 0.3 is 11.8 Å². The van der Waals surface area contributed by atoms with Gasteiger partial charge in [0.2, 0.25) is 15.8 Å². The van der Waals surface area contributed by atoms with Crippen molar-refractivity contribution in [3.8, 4) is 11.4 Å². The standard InChI is InChI=1S/C21H28N4O4S/c1-15-10-11-16(14-18(15)30(27,28)24-17-8-4-2-5-9-17)19-22-20(29-23-19)21(26)25-12-6-3-7-13-25/h10-11,14,17,24H,2-9,12-13H2,1H3. The van der Waals surface area contributed by atoms with Crippen molar-refractivity contribution >= 4 is 15.9 Å². The van der Waals surface area contributed by atoms with E-state index in [1.54, 1.807) is 30.0 Å². The average Bonchev–Trinajstić information content (AvgIpc) is 3.25. The number of nitrogens with one attached hydrogen (secondary N) is 1. The predicted octanol–water partition coefficient (Wildman–Crippen LogP) is 3.28. The molecule has 0 spiro atoms. The van der Waals surface area contributed by atoms with E-state index in [-0.39, 0.29) is 28.6 Å². The number of aryl methyl sites for hydroxylation is 1. The van der Waals surface area contributed by atoms with Gasteiger partial charge in [0.15, 0.2) is 0 Å². The number of rotatable bonds is 5. The fourth-order valence-corrected chi connectivity index (χ4v) is 5.77. The molecule has 8 nitrogen and oxygen atoms in total. The number of piperidine rings is 1. The highest BCUT2D eigenvalue weighted by Gasteiger charge is 2.26. The maximum Gasteiger partial charge on any atom is 0.316 e. The highest BCUT2D eigenvalue weighted by Crippen LogP contribution is 2.26. The van der Waals surface area contributed by atoms with Crippen LogP contribution in [0.15, 0.2) is 27.6 Å². The predicted molar refractivity (Wildman–Crippen MR) is 111 cm³/mol. The van der Waals surface area contributed by atoms with Crippen LogP contribution in [0, 0.1) is 6.92 Å². The van der Waals surface area contributed by atoms with Gasteiger partial charge in [-0.2, -0.15) is 4.98 Å². The Balaban J connectivity index is 1.56. The van der Waals surface area contributed by atoms with Crippen molar-refractivity contribution in [3.63, 3.8) is 0 Å². The minimum absolute atomic E-state index is 0.0225. The summed E-state index contributed by atoms with van der Waals surface area (Å²) >= 11 is 0. The van der Waals surface area contributed by atoms with Gasteiger partial charge in [-0.3, -0.25) is 4.79 Å². The van der Waals surface area contributed by atoms with Crippen molar-refractivity contribution in [3.05, 3.63) is 29.7 Å². The van der Waals surface area contributed by atoms with E-state index >= 15 is 0 Å². The molecule has 0 radical (unpaired) electrons. The summed E-state index contributed by atoms with van der Waals surface area (Å²) in [5, 5.41) is 3.92. The number of sulfonamides is 1. The van der Waals surface area contributed by atoms with Gasteiger partial charge in [-0.15, -0.1) is 0 Å². The van der Waals surface area contributed by atoms with Gasteiger partial charge in [-0.1, -0.05) is 36.6 Å². The van der Waals surface area contributed by atoms with E-state index in [1.165, 1.54) is 0 Å². The SMILES string of the molecule is Cc1ccc(-c2noc(C(=O)N3CCCCC3)n2)cc1S(=O)(=O)NC1CCCCC1. The van der Waals surface area contributed by atoms with E-state index in [9.17, 15) is 13.2 Å². The molecule has 0 unspecified atom stereocenters. The summed E-state index contributed by atoms with van der Waals surface area (Å²) in [5.74, 6) is -0.117. The topological polar surface area (TPSA) is 105 Å². The van der Waals surface area contributed by atoms with Crippen LogP contribution in [0.1, 0.15) is 67.6 Å². The number of benzene rings is 1. The van der Waals surface area contributed by atoms with Crippen LogP contribution in [0.4, 0.5) is 0 Å². The van der Waals surface area contributed by atoms with E-state index in [2.05, 4.69) is 14.9 Å². The molecule has 1 saturated heterocycles. The molecule has 1 saturated carbocycles. The third-order valence-corrected chi connectivity index (χ3v) is 7.58. The van der Waals surface area contributed by atoms with Gasteiger partial charge in [0, 0.05) is 24.7 Å². The molecule has 1 amide bonds. The number of carbonyl (C=O) groups excluding carboxylic acids is 1. The molecule has 1 aromatic carbocycles. The molecule has 9 heteroatoms. The van der Waals surface area contributed by atoms with E-state index in [1.807, 2.05) is 0 Å². The summed E-state index contributed by atoms with van der Waals surface area (Å²) in [6.45, 7) is 3.15. The molecule has 1 N–H and O–H groups in total. The van der Waals surface area contributed by atoms with Crippen molar-refractivity contribution in [2.45, 2.75) is 69.2 Å². The number of amides is 1. The third-order valence-electron chi connectivity index (χ3n) is 5.92. The summed E-state index contributed by atoms with van der Waals surface area (Å²) in [4.78, 5) is 18.7. The van der Waals surface area contributed by atoms with Gasteiger partial charge in [-0.25, -0.2) is 13.1 Å². The molecule has 0 bridgehead atoms. The van der Waals surface area contributed by atoms with Crippen molar-refractivity contribution < 1.29 is 17.7 Å². The molecule has 30 heavy (non-hydrogen) atoms. The molecule has 4 rings (SSSR count). The Morgan fingerprint density at radius 2 is 1.80 bits per heavy atom. The molecule has 1 aromatic heterocycles. The number of carbonyl (C=O) groups is 1. The van der Waals surface area contributed by atoms with Crippen molar-refractivity contribution in [1.82, 2.24) is 19.8 Å². The van der Waals surface area contributed by atoms with Crippen molar-refractivity contribution in [2.24, 2.45) is 0 Å². The normalized spacial score (nSPS) is 18.5. The largest absolute Gasteiger partial charge is 0.334 e. The average molecular weight is 433 g/mol. The number of aromatic nitrogens is 2. The fraction of sp³-hybridized carbons (Fsp3) is 0.571. The summed E-state index contributed by atoms with van der Waals surface area (Å²) in [6, 6.07) is 5.01. The first-order valence-electron chi connectivity index (χ1n) is 10.7. The number of hydrogen-bond donors (Lipinski definition) is 1. The lowest BCUT2D eigenvalue weighted by atomic mass is 9.96. The Morgan fingerprint density at radius 3 is 2.53 bits per heavy atom. The van der Waals surface area contributed by atoms with Crippen LogP contribution in [0.5, 0.6) is 0 Å². The van der Waals surface area contributed by atoms with E-state index < -0.39 is 10.0 Å². The lowest BCUT2D eigenvalue weighted by Crippen LogP contribution is -2.36. The summed E-state index contributed by atoms with van der Waals surface area (Å²) in [6.07, 6.45) is 8.04. The molecular weight excluding hydrogens is 404 g/mol. The third kappa shape index (κ3) is 4.57. The van der Waals surface area contributed by atoms with Crippen LogP contribution in [-0.2, 0) is 10.0 Å². The molecule has 2 fully saturated rings. The van der Waals surface area contributed by atoms with Crippen LogP contribution in [0.25, 0.3) is 11.4 Å². The lowest BCUT2D eigenvalue weighted by Gasteiger charge is -2.24. The first-order valence-corrected chi connectivity index (χ1v) is 12.2. The van der Waals surface area contributed by atoms with E-state index in [0.29, 0.717) is 24.2 Å². The molecule has 2 aromatic rings. The van der Waals surface area contributed by atoms with Crippen LogP contribution in [0.3, 0.4) is 0 Å². The monoisotopic (exact) mass is 432 g/mol. The van der Waals surface area contributed by atoms with Crippen LogP contribution >= 0.6 is 0 Å². The zero-order valence-corrected chi connectivity index (χ0v) is 18.1. The van der Waals surface area contributed by atoms with Gasteiger partial charge in [0.25, 0.3) is 0 Å². The second kappa shape index (κ2) is 8.85. The van der Waals surface area contributed by atoms with Gasteiger partial charge < -0.3 is 9.42 Å². The van der Waals surface area contributed by atoms with Gasteiger partial charge in [-0.05, 0) is 50.7 Å². The van der Waals surface area contributed by atoms with Crippen LogP contribution < -0.4 is 4.72 Å². The zero-order chi connectivity index (χ0) is 21.1. The molecule has 1 aliphatic carbocycles. The summed E-state index contributed by atoms with van der Waals surface area (Å²) in [5.41, 5.74) is 1.15. The number of likely N-dealkylation sites (tertiary alicyclic amines) is 1. The lowest BCUT2D eigenvalue weighted by molar-refractivity contribution is 0.0674. The molecule has 1 aliphatic heterocycles. The second-order valence-electron chi connectivity index (χ2n) is 8.21. The molecule has 0 atom stereocenters. The quantitative estimate of drug-likeness (QED) is 0.777. The first kappa shape index (κ1) is 21.0. The zero-order valence-electron chi connectivity index (χ0n) is 17.3. The second-order valence-corrected chi connectivity index (χ2v) is 9.89. The minimum Gasteiger partial charge on any atom is -0.334 e. The molecule has 2 aliphatic rings. The van der Waals surface area contributed by atoms with Gasteiger partial charge in [0.05, 0.1) is 4.90 Å². The van der Waals surface area contributed by atoms with Crippen molar-refractivity contribution in [2.75, 3.05) is 13.1 Å². The molecular formula is C21H28N4O4S. The maximum absolute atomic E-state index is 13.0. The van der Waals surface area contributed by atoms with E-state index in [0.717, 1.165) is 51.4 Å². The fourth-order valence-electron chi connectivity index (χ4n) is 4.19. The van der Waals surface area contributed by atoms with Gasteiger partial charge in [0.1, 0.15) is 0 Å². The van der Waals surface area contributed by atoms with Crippen LogP contribution in [-0.4, -0.2) is 48.5 Å². The Kier molecular flexibility index (Phi) is 6.19. The molecule has 2 heterocycles. The highest BCUT2D eigenvalue weighted by atomic mass is 32.2. The Morgan fingerprint density at radius 1 is 1.10 bits per heavy atom. The van der Waals surface area contributed by atoms with Crippen LogP contribution in [0.2, 0.25) is 0 Å². The minimum atomic E-state index is -3.66. The smallest absolute Gasteiger partial charge is 0.316 e. The Bertz CT molecular complexity index is 1010. The summed E-state index contributed by atoms with van der Waals surface area (Å²) in [7, 11) is -3.66. The van der Waals surface area contributed by atoms with Crippen molar-refractivity contribution in [1.29, 1.82) is 0 Å². The number of hydrogen-bond acceptors (Lipinski definition) is 6. The molecule has 162 valence electrons. The number of nitrogens with zero attached hydrogens (tertiary/aromatic N) is 3. The summed E-state index contributed by atoms with van der Waals surface area (Å²) < 4.78 is 34.0. The maximum atomic E-state index is 13.0. The Hall–Kier alpha value is -2.26. The first-order chi connectivity index (χ1) is 14.4.